The molecule has 0 unspecified atom stereocenters. The van der Waals surface area contributed by atoms with Crippen LogP contribution in [-0.2, 0) is 17.8 Å². The molecule has 3 heterocycles. The zero-order valence-electron chi connectivity index (χ0n) is 13.3. The molecule has 1 aliphatic rings. The van der Waals surface area contributed by atoms with E-state index in [1.54, 1.807) is 18.5 Å². The summed E-state index contributed by atoms with van der Waals surface area (Å²) in [4.78, 5) is 6.72. The van der Waals surface area contributed by atoms with Crippen LogP contribution in [0.2, 0.25) is 0 Å². The molecule has 1 fully saturated rings. The molecule has 0 spiro atoms. The number of pyridine rings is 1. The van der Waals surface area contributed by atoms with E-state index >= 15 is 0 Å². The average Bonchev–Trinajstić information content (AvgIpc) is 3.08. The molecule has 0 radical (unpaired) electrons. The lowest BCUT2D eigenvalue weighted by atomic mass is 10.1. The molecule has 5 nitrogen and oxygen atoms in total. The third-order valence-electron chi connectivity index (χ3n) is 4.32. The van der Waals surface area contributed by atoms with Crippen LogP contribution in [0.25, 0.3) is 10.9 Å². The van der Waals surface area contributed by atoms with Crippen LogP contribution in [0.4, 0.5) is 4.39 Å². The second-order valence-corrected chi connectivity index (χ2v) is 6.10. The fraction of sp³-hybridized carbons (Fsp3) is 0.333. The van der Waals surface area contributed by atoms with Gasteiger partial charge in [0.15, 0.2) is 0 Å². The maximum Gasteiger partial charge on any atom is 0.124 e. The highest BCUT2D eigenvalue weighted by atomic mass is 19.1. The van der Waals surface area contributed by atoms with Crippen LogP contribution >= 0.6 is 0 Å². The Bertz CT molecular complexity index is 821. The molecule has 0 saturated carbocycles. The number of aromatic nitrogens is 3. The summed E-state index contributed by atoms with van der Waals surface area (Å²) in [5.41, 5.74) is 1.79. The number of halogens is 1. The molecule has 24 heavy (non-hydrogen) atoms. The van der Waals surface area contributed by atoms with E-state index in [1.807, 2.05) is 29.1 Å². The van der Waals surface area contributed by atoms with Crippen LogP contribution < -0.4 is 0 Å². The zero-order chi connectivity index (χ0) is 16.4. The molecule has 0 aliphatic carbocycles. The molecule has 1 atom stereocenters. The van der Waals surface area contributed by atoms with Crippen molar-refractivity contribution in [1.82, 2.24) is 19.7 Å². The van der Waals surface area contributed by atoms with Gasteiger partial charge in [0.1, 0.15) is 5.82 Å². The first-order valence-electron chi connectivity index (χ1n) is 8.12. The number of morpholine rings is 1. The summed E-state index contributed by atoms with van der Waals surface area (Å²) in [6.07, 6.45) is 5.55. The Hall–Kier alpha value is -2.31. The molecule has 124 valence electrons. The maximum absolute atomic E-state index is 13.9. The summed E-state index contributed by atoms with van der Waals surface area (Å²) in [5, 5.41) is 5.07. The van der Waals surface area contributed by atoms with E-state index in [1.165, 1.54) is 6.07 Å². The largest absolute Gasteiger partial charge is 0.374 e. The predicted molar refractivity (Wildman–Crippen MR) is 88.9 cm³/mol. The number of rotatable bonds is 4. The number of benzene rings is 1. The van der Waals surface area contributed by atoms with E-state index in [0.717, 1.165) is 36.1 Å². The van der Waals surface area contributed by atoms with Gasteiger partial charge in [-0.3, -0.25) is 14.6 Å². The molecule has 2 aromatic heterocycles. The number of nitrogens with zero attached hydrogens (tertiary/aromatic N) is 4. The van der Waals surface area contributed by atoms with Crippen LogP contribution in [0.5, 0.6) is 0 Å². The minimum absolute atomic E-state index is 0.0893. The van der Waals surface area contributed by atoms with E-state index in [9.17, 15) is 4.39 Å². The van der Waals surface area contributed by atoms with Crippen LogP contribution in [0.3, 0.4) is 0 Å². The molecule has 3 aromatic rings. The van der Waals surface area contributed by atoms with Gasteiger partial charge in [0.05, 0.1) is 24.8 Å². The summed E-state index contributed by atoms with van der Waals surface area (Å²) in [5.74, 6) is -0.216. The standard InChI is InChI=1S/C18H19FN4O/c19-16-9-14-3-1-4-20-18(14)15(10-16)11-22-7-8-24-17(12-22)13-23-6-2-5-21-23/h1-6,9-10,17H,7-8,11-13H2/t17-/m1/s1. The van der Waals surface area contributed by atoms with E-state index in [4.69, 9.17) is 4.74 Å². The first kappa shape index (κ1) is 15.2. The third kappa shape index (κ3) is 3.29. The Morgan fingerprint density at radius 2 is 2.21 bits per heavy atom. The quantitative estimate of drug-likeness (QED) is 0.739. The zero-order valence-corrected chi connectivity index (χ0v) is 13.3. The highest BCUT2D eigenvalue weighted by Crippen LogP contribution is 2.21. The Labute approximate surface area is 139 Å². The van der Waals surface area contributed by atoms with E-state index < -0.39 is 0 Å². The van der Waals surface area contributed by atoms with Gasteiger partial charge in [-0.1, -0.05) is 6.07 Å². The van der Waals surface area contributed by atoms with E-state index in [0.29, 0.717) is 13.2 Å². The molecule has 1 aliphatic heterocycles. The van der Waals surface area contributed by atoms with Gasteiger partial charge in [0, 0.05) is 43.6 Å². The van der Waals surface area contributed by atoms with Gasteiger partial charge in [0.25, 0.3) is 0 Å². The second-order valence-electron chi connectivity index (χ2n) is 6.10. The molecule has 0 bridgehead atoms. The van der Waals surface area contributed by atoms with Gasteiger partial charge in [-0.05, 0) is 29.8 Å². The second kappa shape index (κ2) is 6.67. The Kier molecular flexibility index (Phi) is 4.23. The van der Waals surface area contributed by atoms with Crippen molar-refractivity contribution in [3.05, 3.63) is 60.3 Å². The van der Waals surface area contributed by atoms with Crippen molar-refractivity contribution in [2.45, 2.75) is 19.2 Å². The molecule has 1 aromatic carbocycles. The number of fused-ring (bicyclic) bond motifs is 1. The number of hydrogen-bond donors (Lipinski definition) is 0. The lowest BCUT2D eigenvalue weighted by molar-refractivity contribution is -0.0401. The predicted octanol–water partition coefficient (Wildman–Crippen LogP) is 2.47. The van der Waals surface area contributed by atoms with Crippen LogP contribution in [0.15, 0.2) is 48.9 Å². The highest BCUT2D eigenvalue weighted by molar-refractivity contribution is 5.81. The van der Waals surface area contributed by atoms with Gasteiger partial charge in [-0.25, -0.2) is 4.39 Å². The van der Waals surface area contributed by atoms with Crippen molar-refractivity contribution in [1.29, 1.82) is 0 Å². The first-order chi connectivity index (χ1) is 11.8. The minimum atomic E-state index is -0.216. The lowest BCUT2D eigenvalue weighted by Gasteiger charge is -2.33. The first-order valence-corrected chi connectivity index (χ1v) is 8.12. The molecule has 0 N–H and O–H groups in total. The SMILES string of the molecule is Fc1cc(CN2CCO[C@@H](Cn3cccn3)C2)c2ncccc2c1. The van der Waals surface area contributed by atoms with Gasteiger partial charge >= 0.3 is 0 Å². The van der Waals surface area contributed by atoms with Crippen molar-refractivity contribution in [2.75, 3.05) is 19.7 Å². The highest BCUT2D eigenvalue weighted by Gasteiger charge is 2.22. The smallest absolute Gasteiger partial charge is 0.124 e. The van der Waals surface area contributed by atoms with Crippen LogP contribution in [-0.4, -0.2) is 45.5 Å². The van der Waals surface area contributed by atoms with Crippen LogP contribution in [0.1, 0.15) is 5.56 Å². The van der Waals surface area contributed by atoms with Crippen LogP contribution in [0, 0.1) is 5.82 Å². The van der Waals surface area contributed by atoms with Gasteiger partial charge < -0.3 is 4.74 Å². The Morgan fingerprint density at radius 3 is 3.08 bits per heavy atom. The monoisotopic (exact) mass is 326 g/mol. The topological polar surface area (TPSA) is 43.2 Å². The molecule has 0 amide bonds. The lowest BCUT2D eigenvalue weighted by Crippen LogP contribution is -2.43. The minimum Gasteiger partial charge on any atom is -0.374 e. The Balaban J connectivity index is 1.50. The van der Waals surface area contributed by atoms with E-state index in [2.05, 4.69) is 15.0 Å². The summed E-state index contributed by atoms with van der Waals surface area (Å²) in [6.45, 7) is 3.70. The van der Waals surface area contributed by atoms with Gasteiger partial charge in [-0.2, -0.15) is 5.10 Å². The number of ether oxygens (including phenoxy) is 1. The van der Waals surface area contributed by atoms with Crippen molar-refractivity contribution < 1.29 is 9.13 Å². The maximum atomic E-state index is 13.9. The fourth-order valence-electron chi connectivity index (χ4n) is 3.24. The summed E-state index contributed by atoms with van der Waals surface area (Å²) < 4.78 is 21.6. The normalized spacial score (nSPS) is 19.0. The fourth-order valence-corrected chi connectivity index (χ4v) is 3.24. The summed E-state index contributed by atoms with van der Waals surface area (Å²) in [6, 6.07) is 8.76. The third-order valence-corrected chi connectivity index (χ3v) is 4.32. The van der Waals surface area contributed by atoms with Crippen molar-refractivity contribution in [2.24, 2.45) is 0 Å². The molecule has 1 saturated heterocycles. The van der Waals surface area contributed by atoms with E-state index in [-0.39, 0.29) is 11.9 Å². The summed E-state index contributed by atoms with van der Waals surface area (Å²) in [7, 11) is 0. The molecular formula is C18H19FN4O. The number of hydrogen-bond acceptors (Lipinski definition) is 4. The average molecular weight is 326 g/mol. The van der Waals surface area contributed by atoms with Gasteiger partial charge in [-0.15, -0.1) is 0 Å². The van der Waals surface area contributed by atoms with Gasteiger partial charge in [0.2, 0.25) is 0 Å². The van der Waals surface area contributed by atoms with Crippen molar-refractivity contribution in [3.63, 3.8) is 0 Å². The Morgan fingerprint density at radius 1 is 1.25 bits per heavy atom. The van der Waals surface area contributed by atoms with Crippen molar-refractivity contribution >= 4 is 10.9 Å². The molecule has 6 heteroatoms. The molecular weight excluding hydrogens is 307 g/mol. The molecule has 4 rings (SSSR count). The van der Waals surface area contributed by atoms with Crippen molar-refractivity contribution in [3.8, 4) is 0 Å². The summed E-state index contributed by atoms with van der Waals surface area (Å²) >= 11 is 0.